The van der Waals surface area contributed by atoms with E-state index in [2.05, 4.69) is 34.1 Å². The SMILES string of the molecule is Cc1cn(C2CCCC2)c2nc(Nc3ccccc3C#N)ncc12. The molecule has 2 aromatic heterocycles. The lowest BCUT2D eigenvalue weighted by Crippen LogP contribution is -2.05. The van der Waals surface area contributed by atoms with Gasteiger partial charge in [-0.2, -0.15) is 10.2 Å². The largest absolute Gasteiger partial charge is 0.329 e. The van der Waals surface area contributed by atoms with E-state index in [1.165, 1.54) is 31.2 Å². The summed E-state index contributed by atoms with van der Waals surface area (Å²) in [5, 5.41) is 13.5. The molecule has 0 radical (unpaired) electrons. The smallest absolute Gasteiger partial charge is 0.229 e. The zero-order valence-electron chi connectivity index (χ0n) is 13.7. The van der Waals surface area contributed by atoms with Crippen LogP contribution in [0.4, 0.5) is 11.6 Å². The number of nitrogens with zero attached hydrogens (tertiary/aromatic N) is 4. The summed E-state index contributed by atoms with van der Waals surface area (Å²) >= 11 is 0. The van der Waals surface area contributed by atoms with Gasteiger partial charge in [0, 0.05) is 23.8 Å². The van der Waals surface area contributed by atoms with Crippen molar-refractivity contribution in [2.75, 3.05) is 5.32 Å². The molecular formula is C19H19N5. The van der Waals surface area contributed by atoms with Crippen molar-refractivity contribution in [1.29, 1.82) is 5.26 Å². The van der Waals surface area contributed by atoms with Gasteiger partial charge in [0.25, 0.3) is 0 Å². The molecule has 1 aliphatic rings. The van der Waals surface area contributed by atoms with Gasteiger partial charge in [-0.05, 0) is 37.5 Å². The molecule has 1 aliphatic carbocycles. The zero-order chi connectivity index (χ0) is 16.5. The van der Waals surface area contributed by atoms with Gasteiger partial charge < -0.3 is 9.88 Å². The van der Waals surface area contributed by atoms with Gasteiger partial charge in [-0.3, -0.25) is 0 Å². The number of fused-ring (bicyclic) bond motifs is 1. The second kappa shape index (κ2) is 5.97. The molecule has 3 aromatic rings. The maximum Gasteiger partial charge on any atom is 0.229 e. The molecule has 1 saturated carbocycles. The Labute approximate surface area is 141 Å². The predicted molar refractivity (Wildman–Crippen MR) is 94.2 cm³/mol. The molecule has 0 bridgehead atoms. The van der Waals surface area contributed by atoms with E-state index in [1.807, 2.05) is 24.4 Å². The molecule has 1 aromatic carbocycles. The highest BCUT2D eigenvalue weighted by molar-refractivity contribution is 5.81. The number of anilines is 2. The van der Waals surface area contributed by atoms with Crippen molar-refractivity contribution < 1.29 is 0 Å². The van der Waals surface area contributed by atoms with Crippen LogP contribution in [-0.4, -0.2) is 14.5 Å². The van der Waals surface area contributed by atoms with E-state index in [9.17, 15) is 5.26 Å². The number of hydrogen-bond donors (Lipinski definition) is 1. The van der Waals surface area contributed by atoms with Gasteiger partial charge in [-0.1, -0.05) is 25.0 Å². The minimum Gasteiger partial charge on any atom is -0.329 e. The molecule has 0 spiro atoms. The molecule has 0 aliphatic heterocycles. The monoisotopic (exact) mass is 317 g/mol. The first-order valence-corrected chi connectivity index (χ1v) is 8.36. The number of nitriles is 1. The summed E-state index contributed by atoms with van der Waals surface area (Å²) in [4.78, 5) is 9.18. The number of aryl methyl sites for hydroxylation is 1. The molecule has 2 heterocycles. The molecular weight excluding hydrogens is 298 g/mol. The number of rotatable bonds is 3. The molecule has 0 atom stereocenters. The second-order valence-electron chi connectivity index (χ2n) is 6.37. The van der Waals surface area contributed by atoms with Crippen LogP contribution in [0, 0.1) is 18.3 Å². The quantitative estimate of drug-likeness (QED) is 0.774. The van der Waals surface area contributed by atoms with Gasteiger partial charge in [0.15, 0.2) is 0 Å². The minimum atomic E-state index is 0.530. The fourth-order valence-electron chi connectivity index (χ4n) is 3.52. The van der Waals surface area contributed by atoms with Gasteiger partial charge in [0.2, 0.25) is 5.95 Å². The van der Waals surface area contributed by atoms with Crippen LogP contribution in [-0.2, 0) is 0 Å². The minimum absolute atomic E-state index is 0.530. The molecule has 4 rings (SSSR count). The highest BCUT2D eigenvalue weighted by atomic mass is 15.2. The van der Waals surface area contributed by atoms with Crippen LogP contribution < -0.4 is 5.32 Å². The highest BCUT2D eigenvalue weighted by Gasteiger charge is 2.20. The van der Waals surface area contributed by atoms with E-state index in [0.29, 0.717) is 17.6 Å². The van der Waals surface area contributed by atoms with Crippen molar-refractivity contribution in [2.45, 2.75) is 38.6 Å². The van der Waals surface area contributed by atoms with Crippen molar-refractivity contribution in [2.24, 2.45) is 0 Å². The second-order valence-corrected chi connectivity index (χ2v) is 6.37. The highest BCUT2D eigenvalue weighted by Crippen LogP contribution is 2.33. The Morgan fingerprint density at radius 3 is 2.83 bits per heavy atom. The van der Waals surface area contributed by atoms with Gasteiger partial charge in [0.05, 0.1) is 11.3 Å². The first kappa shape index (κ1) is 14.7. The molecule has 0 amide bonds. The lowest BCUT2D eigenvalue weighted by Gasteiger charge is -2.13. The fraction of sp³-hybridized carbons (Fsp3) is 0.316. The molecule has 24 heavy (non-hydrogen) atoms. The van der Waals surface area contributed by atoms with Crippen molar-refractivity contribution in [1.82, 2.24) is 14.5 Å². The van der Waals surface area contributed by atoms with Crippen LogP contribution in [0.15, 0.2) is 36.7 Å². The lowest BCUT2D eigenvalue weighted by molar-refractivity contribution is 0.532. The Balaban J connectivity index is 1.75. The van der Waals surface area contributed by atoms with Crippen LogP contribution in [0.1, 0.15) is 42.9 Å². The number of hydrogen-bond acceptors (Lipinski definition) is 4. The fourth-order valence-corrected chi connectivity index (χ4v) is 3.52. The summed E-state index contributed by atoms with van der Waals surface area (Å²) in [7, 11) is 0. The van der Waals surface area contributed by atoms with Crippen LogP contribution in [0.25, 0.3) is 11.0 Å². The normalized spacial score (nSPS) is 14.8. The number of para-hydroxylation sites is 1. The molecule has 0 saturated heterocycles. The Hall–Kier alpha value is -2.87. The first-order chi connectivity index (χ1) is 11.8. The van der Waals surface area contributed by atoms with Crippen molar-refractivity contribution >= 4 is 22.7 Å². The Morgan fingerprint density at radius 1 is 1.25 bits per heavy atom. The van der Waals surface area contributed by atoms with Crippen molar-refractivity contribution in [3.63, 3.8) is 0 Å². The van der Waals surface area contributed by atoms with E-state index >= 15 is 0 Å². The Bertz CT molecular complexity index is 929. The molecule has 1 fully saturated rings. The standard InChI is InChI=1S/C19H19N5/c1-13-12-24(15-7-3-4-8-15)18-16(13)11-21-19(23-18)22-17-9-5-2-6-14(17)10-20/h2,5-6,9,11-12,15H,3-4,7-8H2,1H3,(H,21,22,23). The topological polar surface area (TPSA) is 66.5 Å². The zero-order valence-corrected chi connectivity index (χ0v) is 13.7. The third-order valence-electron chi connectivity index (χ3n) is 4.78. The van der Waals surface area contributed by atoms with E-state index < -0.39 is 0 Å². The third-order valence-corrected chi connectivity index (χ3v) is 4.78. The molecule has 0 unspecified atom stereocenters. The number of nitrogens with one attached hydrogen (secondary N) is 1. The molecule has 120 valence electrons. The Morgan fingerprint density at radius 2 is 2.04 bits per heavy atom. The number of benzene rings is 1. The van der Waals surface area contributed by atoms with Crippen LogP contribution >= 0.6 is 0 Å². The maximum absolute atomic E-state index is 9.22. The van der Waals surface area contributed by atoms with E-state index in [1.54, 1.807) is 6.07 Å². The summed E-state index contributed by atoms with van der Waals surface area (Å²) in [6, 6.07) is 10.1. The predicted octanol–water partition coefficient (Wildman–Crippen LogP) is 4.47. The van der Waals surface area contributed by atoms with E-state index in [-0.39, 0.29) is 0 Å². The van der Waals surface area contributed by atoms with Crippen molar-refractivity contribution in [3.05, 3.63) is 47.8 Å². The summed E-state index contributed by atoms with van der Waals surface area (Å²) < 4.78 is 2.31. The van der Waals surface area contributed by atoms with Crippen LogP contribution in [0.5, 0.6) is 0 Å². The molecule has 1 N–H and O–H groups in total. The maximum atomic E-state index is 9.22. The summed E-state index contributed by atoms with van der Waals surface area (Å²) in [5.74, 6) is 0.530. The van der Waals surface area contributed by atoms with E-state index in [0.717, 1.165) is 16.7 Å². The molecule has 5 heteroatoms. The summed E-state index contributed by atoms with van der Waals surface area (Å²) in [6.07, 6.45) is 9.08. The van der Waals surface area contributed by atoms with Gasteiger partial charge in [-0.15, -0.1) is 0 Å². The average Bonchev–Trinajstić information content (AvgIpc) is 3.24. The van der Waals surface area contributed by atoms with Crippen LogP contribution in [0.3, 0.4) is 0 Å². The molecule has 5 nitrogen and oxygen atoms in total. The third kappa shape index (κ3) is 2.50. The summed E-state index contributed by atoms with van der Waals surface area (Å²) in [6.45, 7) is 2.11. The Kier molecular flexibility index (Phi) is 3.66. The van der Waals surface area contributed by atoms with Gasteiger partial charge in [-0.25, -0.2) is 4.98 Å². The average molecular weight is 317 g/mol. The van der Waals surface area contributed by atoms with Crippen molar-refractivity contribution in [3.8, 4) is 6.07 Å². The van der Waals surface area contributed by atoms with Gasteiger partial charge in [0.1, 0.15) is 11.7 Å². The first-order valence-electron chi connectivity index (χ1n) is 8.36. The number of aromatic nitrogens is 3. The summed E-state index contributed by atoms with van der Waals surface area (Å²) in [5.41, 5.74) is 3.51. The van der Waals surface area contributed by atoms with Crippen LogP contribution in [0.2, 0.25) is 0 Å². The van der Waals surface area contributed by atoms with E-state index in [4.69, 9.17) is 4.98 Å². The lowest BCUT2D eigenvalue weighted by atomic mass is 10.2. The van der Waals surface area contributed by atoms with Gasteiger partial charge >= 0.3 is 0 Å².